The molecule has 2 heterocycles. The lowest BCUT2D eigenvalue weighted by molar-refractivity contribution is 0.231. The largest absolute Gasteiger partial charge is 0.488 e. The summed E-state index contributed by atoms with van der Waals surface area (Å²) in [6, 6.07) is 2.70. The van der Waals surface area contributed by atoms with Gasteiger partial charge in [-0.15, -0.1) is 0 Å². The minimum absolute atomic E-state index is 0.0767. The van der Waals surface area contributed by atoms with Crippen molar-refractivity contribution in [1.29, 1.82) is 5.41 Å². The van der Waals surface area contributed by atoms with Crippen LogP contribution in [0.3, 0.4) is 0 Å². The molecule has 2 aliphatic heterocycles. The summed E-state index contributed by atoms with van der Waals surface area (Å²) in [5.74, 6) is -0.421. The van der Waals surface area contributed by atoms with Crippen LogP contribution < -0.4 is 15.8 Å². The van der Waals surface area contributed by atoms with Crippen molar-refractivity contribution in [3.63, 3.8) is 0 Å². The van der Waals surface area contributed by atoms with Crippen molar-refractivity contribution in [2.75, 3.05) is 18.8 Å². The Morgan fingerprint density at radius 1 is 1.40 bits per heavy atom. The number of nitrogens with one attached hydrogen (secondary N) is 2. The smallest absolute Gasteiger partial charge is 0.167 e. The first-order valence-corrected chi connectivity index (χ1v) is 8.54. The van der Waals surface area contributed by atoms with Crippen molar-refractivity contribution >= 4 is 17.7 Å². The number of allylic oxidation sites excluding steroid dienone is 1. The molecule has 1 atom stereocenters. The van der Waals surface area contributed by atoms with Crippen LogP contribution in [0.2, 0.25) is 0 Å². The van der Waals surface area contributed by atoms with E-state index >= 15 is 0 Å². The number of nitrogens with zero attached hydrogens (tertiary/aromatic N) is 2. The van der Waals surface area contributed by atoms with Gasteiger partial charge in [-0.05, 0) is 38.8 Å². The van der Waals surface area contributed by atoms with Gasteiger partial charge in [0.15, 0.2) is 11.6 Å². The van der Waals surface area contributed by atoms with E-state index in [1.54, 1.807) is 6.34 Å². The molecule has 1 aromatic rings. The highest BCUT2D eigenvalue weighted by atomic mass is 19.1. The van der Waals surface area contributed by atoms with Crippen LogP contribution in [-0.4, -0.2) is 42.3 Å². The maximum absolute atomic E-state index is 14.0. The van der Waals surface area contributed by atoms with Gasteiger partial charge in [0.1, 0.15) is 6.17 Å². The number of benzene rings is 1. The second-order valence-corrected chi connectivity index (χ2v) is 6.57. The molecule has 0 saturated carbocycles. The molecule has 1 fully saturated rings. The molecule has 0 bridgehead atoms. The summed E-state index contributed by atoms with van der Waals surface area (Å²) in [5.41, 5.74) is 7.40. The van der Waals surface area contributed by atoms with Crippen LogP contribution in [0.4, 0.5) is 10.1 Å². The summed E-state index contributed by atoms with van der Waals surface area (Å²) in [5, 5.41) is 11.5. The van der Waals surface area contributed by atoms with Gasteiger partial charge in [-0.25, -0.2) is 4.39 Å². The fourth-order valence-corrected chi connectivity index (χ4v) is 3.06. The quantitative estimate of drug-likeness (QED) is 0.565. The van der Waals surface area contributed by atoms with Crippen LogP contribution >= 0.6 is 0 Å². The molecule has 1 unspecified atom stereocenters. The number of ether oxygens (including phenoxy) is 1. The van der Waals surface area contributed by atoms with Gasteiger partial charge in [0.2, 0.25) is 0 Å². The van der Waals surface area contributed by atoms with Crippen molar-refractivity contribution in [3.05, 3.63) is 35.3 Å². The maximum atomic E-state index is 14.0. The van der Waals surface area contributed by atoms with E-state index < -0.39 is 5.82 Å². The average Bonchev–Trinajstić information content (AvgIpc) is 3.11. The van der Waals surface area contributed by atoms with E-state index in [2.05, 4.69) is 15.2 Å². The second kappa shape index (κ2) is 7.23. The minimum atomic E-state index is -0.523. The zero-order valence-corrected chi connectivity index (χ0v) is 14.6. The molecule has 7 heteroatoms. The number of anilines is 1. The highest BCUT2D eigenvalue weighted by Gasteiger charge is 2.24. The summed E-state index contributed by atoms with van der Waals surface area (Å²) >= 11 is 0. The SMILES string of the molecule is CC(C)Oc1cc(C(=N)C2=CC(N3CCCC3)N=CN2)c(N)cc1F. The van der Waals surface area contributed by atoms with Crippen LogP contribution in [0.25, 0.3) is 0 Å². The van der Waals surface area contributed by atoms with E-state index in [0.717, 1.165) is 13.1 Å². The predicted molar refractivity (Wildman–Crippen MR) is 97.7 cm³/mol. The summed E-state index contributed by atoms with van der Waals surface area (Å²) in [7, 11) is 0. The molecular formula is C18H24FN5O. The first-order chi connectivity index (χ1) is 12.0. The Balaban J connectivity index is 1.87. The monoisotopic (exact) mass is 345 g/mol. The maximum Gasteiger partial charge on any atom is 0.167 e. The molecule has 0 aromatic heterocycles. The van der Waals surface area contributed by atoms with E-state index in [9.17, 15) is 4.39 Å². The van der Waals surface area contributed by atoms with Gasteiger partial charge in [0.25, 0.3) is 0 Å². The lowest BCUT2D eigenvalue weighted by Gasteiger charge is -2.25. The molecule has 4 N–H and O–H groups in total. The minimum Gasteiger partial charge on any atom is -0.488 e. The molecule has 25 heavy (non-hydrogen) atoms. The summed E-state index contributed by atoms with van der Waals surface area (Å²) in [6.07, 6.45) is 5.62. The van der Waals surface area contributed by atoms with Crippen molar-refractivity contribution < 1.29 is 9.13 Å². The molecular weight excluding hydrogens is 321 g/mol. The first kappa shape index (κ1) is 17.4. The number of hydrogen-bond donors (Lipinski definition) is 3. The molecule has 0 aliphatic carbocycles. The summed E-state index contributed by atoms with van der Waals surface area (Å²) in [4.78, 5) is 6.70. The van der Waals surface area contributed by atoms with E-state index in [-0.39, 0.29) is 29.4 Å². The van der Waals surface area contributed by atoms with Crippen molar-refractivity contribution in [2.45, 2.75) is 39.0 Å². The van der Waals surface area contributed by atoms with E-state index in [1.165, 1.54) is 25.0 Å². The Labute approximate surface area is 147 Å². The fourth-order valence-electron chi connectivity index (χ4n) is 3.06. The van der Waals surface area contributed by atoms with Crippen LogP contribution in [0.15, 0.2) is 28.9 Å². The van der Waals surface area contributed by atoms with Gasteiger partial charge in [-0.3, -0.25) is 15.3 Å². The van der Waals surface area contributed by atoms with Crippen LogP contribution in [0, 0.1) is 11.2 Å². The van der Waals surface area contributed by atoms with Crippen molar-refractivity contribution in [2.24, 2.45) is 4.99 Å². The van der Waals surface area contributed by atoms with Gasteiger partial charge < -0.3 is 15.8 Å². The lowest BCUT2D eigenvalue weighted by atomic mass is 10.0. The molecule has 1 saturated heterocycles. The number of likely N-dealkylation sites (tertiary alicyclic amines) is 1. The zero-order chi connectivity index (χ0) is 18.0. The lowest BCUT2D eigenvalue weighted by Crippen LogP contribution is -2.35. The normalized spacial score (nSPS) is 20.5. The Morgan fingerprint density at radius 2 is 2.12 bits per heavy atom. The molecule has 1 aromatic carbocycles. The Hall–Kier alpha value is -2.41. The molecule has 0 radical (unpaired) electrons. The topological polar surface area (TPSA) is 86.7 Å². The number of aliphatic imine (C=N–C) groups is 1. The average molecular weight is 345 g/mol. The number of nitrogens with two attached hydrogens (primary N) is 1. The van der Waals surface area contributed by atoms with Gasteiger partial charge in [0.05, 0.1) is 23.9 Å². The first-order valence-electron chi connectivity index (χ1n) is 8.54. The zero-order valence-electron chi connectivity index (χ0n) is 14.6. The third-order valence-corrected chi connectivity index (χ3v) is 4.28. The molecule has 134 valence electrons. The van der Waals surface area contributed by atoms with Crippen LogP contribution in [0.5, 0.6) is 5.75 Å². The third kappa shape index (κ3) is 3.82. The van der Waals surface area contributed by atoms with Gasteiger partial charge >= 0.3 is 0 Å². The summed E-state index contributed by atoms with van der Waals surface area (Å²) < 4.78 is 19.5. The van der Waals surface area contributed by atoms with Gasteiger partial charge in [-0.1, -0.05) is 0 Å². The van der Waals surface area contributed by atoms with E-state index in [4.69, 9.17) is 15.9 Å². The molecule has 0 amide bonds. The number of rotatable bonds is 5. The molecule has 3 rings (SSSR count). The van der Waals surface area contributed by atoms with Crippen molar-refractivity contribution in [1.82, 2.24) is 10.2 Å². The highest BCUT2D eigenvalue weighted by Crippen LogP contribution is 2.27. The molecule has 6 nitrogen and oxygen atoms in total. The number of halogens is 1. The predicted octanol–water partition coefficient (Wildman–Crippen LogP) is 2.50. The highest BCUT2D eigenvalue weighted by molar-refractivity contribution is 6.14. The Morgan fingerprint density at radius 3 is 2.80 bits per heavy atom. The third-order valence-electron chi connectivity index (χ3n) is 4.28. The van der Waals surface area contributed by atoms with Crippen LogP contribution in [-0.2, 0) is 0 Å². The van der Waals surface area contributed by atoms with Crippen molar-refractivity contribution in [3.8, 4) is 5.75 Å². The number of hydrogen-bond acceptors (Lipinski definition) is 6. The summed E-state index contributed by atoms with van der Waals surface area (Å²) in [6.45, 7) is 5.65. The standard InChI is InChI=1S/C18H24FN5O/c1-11(2)25-16-7-12(14(20)8-13(16)19)18(21)15-9-17(23-10-22-15)24-5-3-4-6-24/h7-11,17,21H,3-6,20H2,1-2H3,(H,22,23). The van der Waals surface area contributed by atoms with Gasteiger partial charge in [-0.2, -0.15) is 0 Å². The Kier molecular flexibility index (Phi) is 5.03. The Bertz CT molecular complexity index is 722. The van der Waals surface area contributed by atoms with E-state index in [0.29, 0.717) is 11.3 Å². The van der Waals surface area contributed by atoms with E-state index in [1.807, 2.05) is 19.9 Å². The fraction of sp³-hybridized carbons (Fsp3) is 0.444. The van der Waals surface area contributed by atoms with Gasteiger partial charge in [0, 0.05) is 30.4 Å². The molecule has 2 aliphatic rings. The van der Waals surface area contributed by atoms with Crippen LogP contribution in [0.1, 0.15) is 32.3 Å². The second-order valence-electron chi connectivity index (χ2n) is 6.57. The number of nitrogen functional groups attached to an aromatic ring is 1. The molecule has 0 spiro atoms.